The summed E-state index contributed by atoms with van der Waals surface area (Å²) in [5.41, 5.74) is 2.83. The number of carbonyl (C=O) groups excluding carboxylic acids is 2. The third kappa shape index (κ3) is 3.81. The SMILES string of the molecule is Cc1ncncc1C(=O)NCc1cc2n(n1)CCCN(C(=O)N(C)C)C2. The number of nitrogens with zero attached hydrogens (tertiary/aromatic N) is 6. The van der Waals surface area contributed by atoms with Gasteiger partial charge < -0.3 is 15.1 Å². The van der Waals surface area contributed by atoms with Crippen LogP contribution in [0, 0.1) is 6.92 Å². The lowest BCUT2D eigenvalue weighted by Gasteiger charge is -2.23. The molecular formula is C17H23N7O2. The quantitative estimate of drug-likeness (QED) is 0.876. The molecule has 3 rings (SSSR count). The molecule has 0 unspecified atom stereocenters. The van der Waals surface area contributed by atoms with Crippen LogP contribution in [0.3, 0.4) is 0 Å². The summed E-state index contributed by atoms with van der Waals surface area (Å²) in [4.78, 5) is 35.8. The summed E-state index contributed by atoms with van der Waals surface area (Å²) in [7, 11) is 3.50. The molecule has 2 aromatic heterocycles. The average molecular weight is 357 g/mol. The minimum Gasteiger partial charge on any atom is -0.346 e. The van der Waals surface area contributed by atoms with Crippen molar-refractivity contribution in [3.8, 4) is 0 Å². The number of hydrogen-bond donors (Lipinski definition) is 1. The lowest BCUT2D eigenvalue weighted by atomic mass is 10.2. The standard InChI is InChI=1S/C17H23N7O2/c1-12-15(9-18-11-20-12)16(25)19-8-13-7-14-10-23(17(26)22(2)3)5-4-6-24(14)21-13/h7,9,11H,4-6,8,10H2,1-3H3,(H,19,25). The van der Waals surface area contributed by atoms with E-state index in [1.54, 1.807) is 25.9 Å². The second kappa shape index (κ2) is 7.51. The predicted molar refractivity (Wildman–Crippen MR) is 94.3 cm³/mol. The van der Waals surface area contributed by atoms with Gasteiger partial charge in [-0.2, -0.15) is 5.10 Å². The van der Waals surface area contributed by atoms with Crippen molar-refractivity contribution in [2.24, 2.45) is 0 Å². The Hall–Kier alpha value is -2.97. The van der Waals surface area contributed by atoms with E-state index in [9.17, 15) is 9.59 Å². The van der Waals surface area contributed by atoms with Gasteiger partial charge in [-0.05, 0) is 19.4 Å². The first kappa shape index (κ1) is 17.8. The molecule has 0 radical (unpaired) electrons. The molecule has 0 saturated carbocycles. The van der Waals surface area contributed by atoms with Crippen LogP contribution in [-0.2, 0) is 19.6 Å². The van der Waals surface area contributed by atoms with Crippen LogP contribution >= 0.6 is 0 Å². The molecule has 0 saturated heterocycles. The van der Waals surface area contributed by atoms with E-state index in [4.69, 9.17) is 0 Å². The molecule has 0 spiro atoms. The maximum atomic E-state index is 12.3. The van der Waals surface area contributed by atoms with Crippen LogP contribution in [-0.4, -0.2) is 62.1 Å². The number of rotatable bonds is 3. The monoisotopic (exact) mass is 357 g/mol. The Morgan fingerprint density at radius 1 is 1.31 bits per heavy atom. The number of fused-ring (bicyclic) bond motifs is 1. The molecule has 2 aromatic rings. The molecule has 1 aliphatic rings. The second-order valence-electron chi connectivity index (χ2n) is 6.51. The van der Waals surface area contributed by atoms with Crippen molar-refractivity contribution < 1.29 is 9.59 Å². The molecule has 3 heterocycles. The summed E-state index contributed by atoms with van der Waals surface area (Å²) in [6.07, 6.45) is 3.77. The van der Waals surface area contributed by atoms with Crippen molar-refractivity contribution in [2.75, 3.05) is 20.6 Å². The molecule has 1 N–H and O–H groups in total. The van der Waals surface area contributed by atoms with Gasteiger partial charge in [-0.3, -0.25) is 9.48 Å². The second-order valence-corrected chi connectivity index (χ2v) is 6.51. The fraction of sp³-hybridized carbons (Fsp3) is 0.471. The van der Waals surface area contributed by atoms with Gasteiger partial charge in [0.2, 0.25) is 0 Å². The molecule has 0 fully saturated rings. The lowest BCUT2D eigenvalue weighted by Crippen LogP contribution is -2.38. The van der Waals surface area contributed by atoms with Crippen molar-refractivity contribution >= 4 is 11.9 Å². The van der Waals surface area contributed by atoms with Crippen LogP contribution in [0.15, 0.2) is 18.6 Å². The Bertz CT molecular complexity index is 815. The third-order valence-electron chi connectivity index (χ3n) is 4.30. The van der Waals surface area contributed by atoms with Crippen molar-refractivity contribution in [3.05, 3.63) is 41.2 Å². The zero-order chi connectivity index (χ0) is 18.7. The molecule has 0 aromatic carbocycles. The Morgan fingerprint density at radius 3 is 2.85 bits per heavy atom. The van der Waals surface area contributed by atoms with Crippen molar-refractivity contribution in [1.82, 2.24) is 34.9 Å². The Morgan fingerprint density at radius 2 is 2.12 bits per heavy atom. The molecule has 26 heavy (non-hydrogen) atoms. The van der Waals surface area contributed by atoms with Gasteiger partial charge in [-0.15, -0.1) is 0 Å². The molecule has 9 heteroatoms. The maximum Gasteiger partial charge on any atom is 0.319 e. The molecule has 0 aliphatic carbocycles. The van der Waals surface area contributed by atoms with E-state index >= 15 is 0 Å². The van der Waals surface area contributed by atoms with Crippen molar-refractivity contribution in [2.45, 2.75) is 33.0 Å². The minimum atomic E-state index is -0.226. The van der Waals surface area contributed by atoms with E-state index in [1.807, 2.05) is 15.6 Å². The Labute approximate surface area is 152 Å². The van der Waals surface area contributed by atoms with Crippen LogP contribution in [0.2, 0.25) is 0 Å². The number of nitrogens with one attached hydrogen (secondary N) is 1. The van der Waals surface area contributed by atoms with E-state index in [1.165, 1.54) is 12.5 Å². The molecule has 138 valence electrons. The molecular weight excluding hydrogens is 334 g/mol. The van der Waals surface area contributed by atoms with Crippen molar-refractivity contribution in [1.29, 1.82) is 0 Å². The number of hydrogen-bond acceptors (Lipinski definition) is 5. The van der Waals surface area contributed by atoms with Gasteiger partial charge >= 0.3 is 6.03 Å². The largest absolute Gasteiger partial charge is 0.346 e. The minimum absolute atomic E-state index is 0.00550. The Balaban J connectivity index is 1.67. The topological polar surface area (TPSA) is 96.2 Å². The molecule has 3 amide bonds. The van der Waals surface area contributed by atoms with Crippen LogP contribution in [0.1, 0.15) is 33.9 Å². The van der Waals surface area contributed by atoms with Crippen LogP contribution in [0.25, 0.3) is 0 Å². The fourth-order valence-electron chi connectivity index (χ4n) is 2.93. The van der Waals surface area contributed by atoms with Gasteiger partial charge in [0.25, 0.3) is 5.91 Å². The smallest absolute Gasteiger partial charge is 0.319 e. The van der Waals surface area contributed by atoms with E-state index in [0.29, 0.717) is 30.9 Å². The highest BCUT2D eigenvalue weighted by molar-refractivity contribution is 5.94. The summed E-state index contributed by atoms with van der Waals surface area (Å²) in [6.45, 7) is 4.07. The van der Waals surface area contributed by atoms with Crippen molar-refractivity contribution in [3.63, 3.8) is 0 Å². The summed E-state index contributed by atoms with van der Waals surface area (Å²) in [5, 5.41) is 7.41. The zero-order valence-corrected chi connectivity index (χ0v) is 15.3. The van der Waals surface area contributed by atoms with Gasteiger partial charge in [0.05, 0.1) is 35.7 Å². The number of aromatic nitrogens is 4. The highest BCUT2D eigenvalue weighted by atomic mass is 16.2. The lowest BCUT2D eigenvalue weighted by molar-refractivity contribution is 0.0949. The third-order valence-corrected chi connectivity index (χ3v) is 4.30. The van der Waals surface area contributed by atoms with Gasteiger partial charge in [-0.1, -0.05) is 0 Å². The average Bonchev–Trinajstić information content (AvgIpc) is 2.89. The highest BCUT2D eigenvalue weighted by Crippen LogP contribution is 2.15. The summed E-state index contributed by atoms with van der Waals surface area (Å²) >= 11 is 0. The fourth-order valence-corrected chi connectivity index (χ4v) is 2.93. The summed E-state index contributed by atoms with van der Waals surface area (Å²) < 4.78 is 1.92. The summed E-state index contributed by atoms with van der Waals surface area (Å²) in [6, 6.07) is 1.93. The molecule has 0 bridgehead atoms. The van der Waals surface area contributed by atoms with Gasteiger partial charge in [-0.25, -0.2) is 14.8 Å². The van der Waals surface area contributed by atoms with Gasteiger partial charge in [0.1, 0.15) is 6.33 Å². The van der Waals surface area contributed by atoms with Crippen LogP contribution < -0.4 is 5.32 Å². The van der Waals surface area contributed by atoms with Crippen LogP contribution in [0.4, 0.5) is 4.79 Å². The first-order valence-corrected chi connectivity index (χ1v) is 8.52. The molecule has 9 nitrogen and oxygen atoms in total. The molecule has 1 aliphatic heterocycles. The first-order chi connectivity index (χ1) is 12.5. The normalized spacial score (nSPS) is 13.7. The zero-order valence-electron chi connectivity index (χ0n) is 15.3. The summed E-state index contributed by atoms with van der Waals surface area (Å²) in [5.74, 6) is -0.226. The Kier molecular flexibility index (Phi) is 5.15. The van der Waals surface area contributed by atoms with Gasteiger partial charge in [0, 0.05) is 33.4 Å². The predicted octanol–water partition coefficient (Wildman–Crippen LogP) is 0.799. The van der Waals surface area contributed by atoms with Gasteiger partial charge in [0.15, 0.2) is 0 Å². The van der Waals surface area contributed by atoms with E-state index in [2.05, 4.69) is 20.4 Å². The number of aryl methyl sites for hydroxylation is 2. The number of urea groups is 1. The first-order valence-electron chi connectivity index (χ1n) is 8.52. The van der Waals surface area contributed by atoms with E-state index in [-0.39, 0.29) is 11.9 Å². The highest BCUT2D eigenvalue weighted by Gasteiger charge is 2.22. The number of carbonyl (C=O) groups is 2. The van der Waals surface area contributed by atoms with E-state index < -0.39 is 0 Å². The maximum absolute atomic E-state index is 12.3. The van der Waals surface area contributed by atoms with Crippen LogP contribution in [0.5, 0.6) is 0 Å². The molecule has 0 atom stereocenters. The number of amides is 3. The van der Waals surface area contributed by atoms with E-state index in [0.717, 1.165) is 24.4 Å².